The zero-order chi connectivity index (χ0) is 20.1. The Hall–Kier alpha value is -3.06. The van der Waals surface area contributed by atoms with Gasteiger partial charge < -0.3 is 14.6 Å². The number of hydrogen-bond donors (Lipinski definition) is 1. The van der Waals surface area contributed by atoms with E-state index in [1.807, 2.05) is 12.1 Å². The Kier molecular flexibility index (Phi) is 6.16. The number of halogens is 1. The molecule has 0 aromatic heterocycles. The average Bonchev–Trinajstić information content (AvgIpc) is 2.99. The molecule has 144 valence electrons. The van der Waals surface area contributed by atoms with Gasteiger partial charge in [0.05, 0.1) is 24.3 Å². The van der Waals surface area contributed by atoms with Crippen LogP contribution in [0.4, 0.5) is 10.1 Å². The summed E-state index contributed by atoms with van der Waals surface area (Å²) in [5.41, 5.74) is 1.28. The highest BCUT2D eigenvalue weighted by Gasteiger charge is 2.33. The van der Waals surface area contributed by atoms with Gasteiger partial charge in [-0.05, 0) is 55.0 Å². The number of benzene rings is 2. The summed E-state index contributed by atoms with van der Waals surface area (Å²) in [4.78, 5) is 17.2. The Balaban J connectivity index is 2.00. The van der Waals surface area contributed by atoms with Gasteiger partial charge in [-0.1, -0.05) is 23.9 Å². The van der Waals surface area contributed by atoms with Crippen LogP contribution in [0.2, 0.25) is 0 Å². The van der Waals surface area contributed by atoms with E-state index in [9.17, 15) is 14.3 Å². The quantitative estimate of drug-likeness (QED) is 0.715. The molecule has 0 fully saturated rings. The molecule has 1 aliphatic rings. The van der Waals surface area contributed by atoms with Crippen LogP contribution in [0, 0.1) is 5.82 Å². The van der Waals surface area contributed by atoms with Gasteiger partial charge in [0.1, 0.15) is 27.9 Å². The molecule has 2 aromatic rings. The normalized spacial score (nSPS) is 16.7. The first-order valence-corrected chi connectivity index (χ1v) is 9.32. The molecular weight excluding hydrogens is 381 g/mol. The molecule has 0 bridgehead atoms. The SMILES string of the molecule is CCOC(=O)C1=C(O)/C(=C/c2ccc(OC)cc2)SC1=Nc1ccc(F)cc1. The van der Waals surface area contributed by atoms with Crippen molar-refractivity contribution in [3.8, 4) is 5.75 Å². The second kappa shape index (κ2) is 8.75. The second-order valence-electron chi connectivity index (χ2n) is 5.72. The molecule has 0 atom stereocenters. The zero-order valence-electron chi connectivity index (χ0n) is 15.3. The molecule has 0 amide bonds. The summed E-state index contributed by atoms with van der Waals surface area (Å²) < 4.78 is 23.3. The Morgan fingerprint density at radius 2 is 1.86 bits per heavy atom. The number of nitrogens with zero attached hydrogens (tertiary/aromatic N) is 1. The Bertz CT molecular complexity index is 963. The molecular formula is C21H18FNO4S. The van der Waals surface area contributed by atoms with E-state index in [4.69, 9.17) is 9.47 Å². The third-order valence-corrected chi connectivity index (χ3v) is 4.86. The summed E-state index contributed by atoms with van der Waals surface area (Å²) in [6.07, 6.45) is 1.74. The van der Waals surface area contributed by atoms with E-state index in [1.54, 1.807) is 32.2 Å². The van der Waals surface area contributed by atoms with Gasteiger partial charge in [0.2, 0.25) is 0 Å². The van der Waals surface area contributed by atoms with Crippen molar-refractivity contribution in [1.29, 1.82) is 0 Å². The number of methoxy groups -OCH3 is 1. The maximum atomic E-state index is 13.1. The molecule has 3 rings (SSSR count). The van der Waals surface area contributed by atoms with Crippen molar-refractivity contribution < 1.29 is 23.8 Å². The van der Waals surface area contributed by atoms with Crippen LogP contribution in [0.15, 0.2) is 69.8 Å². The third kappa shape index (κ3) is 4.43. The van der Waals surface area contributed by atoms with E-state index in [1.165, 1.54) is 24.3 Å². The lowest BCUT2D eigenvalue weighted by molar-refractivity contribution is -0.138. The van der Waals surface area contributed by atoms with E-state index < -0.39 is 5.97 Å². The van der Waals surface area contributed by atoms with Crippen LogP contribution in [-0.2, 0) is 9.53 Å². The molecule has 0 spiro atoms. The summed E-state index contributed by atoms with van der Waals surface area (Å²) in [7, 11) is 1.58. The van der Waals surface area contributed by atoms with Crippen LogP contribution in [0.3, 0.4) is 0 Å². The number of aliphatic imine (C=N–C) groups is 1. The maximum Gasteiger partial charge on any atom is 0.344 e. The van der Waals surface area contributed by atoms with E-state index in [2.05, 4.69) is 4.99 Å². The van der Waals surface area contributed by atoms with E-state index in [-0.39, 0.29) is 23.8 Å². The number of ether oxygens (including phenoxy) is 2. The molecule has 5 nitrogen and oxygen atoms in total. The molecule has 28 heavy (non-hydrogen) atoms. The molecule has 1 N–H and O–H groups in total. The van der Waals surface area contributed by atoms with Gasteiger partial charge in [-0.3, -0.25) is 0 Å². The van der Waals surface area contributed by atoms with Crippen molar-refractivity contribution >= 4 is 34.5 Å². The first-order valence-electron chi connectivity index (χ1n) is 8.50. The van der Waals surface area contributed by atoms with Crippen LogP contribution in [-0.4, -0.2) is 29.8 Å². The maximum absolute atomic E-state index is 13.1. The minimum atomic E-state index is -0.661. The van der Waals surface area contributed by atoms with Crippen molar-refractivity contribution in [1.82, 2.24) is 0 Å². The van der Waals surface area contributed by atoms with Gasteiger partial charge in [0.15, 0.2) is 0 Å². The average molecular weight is 399 g/mol. The number of thioether (sulfide) groups is 1. The molecule has 1 aliphatic heterocycles. The molecule has 0 radical (unpaired) electrons. The van der Waals surface area contributed by atoms with E-state index in [0.29, 0.717) is 21.4 Å². The molecule has 7 heteroatoms. The fourth-order valence-corrected chi connectivity index (χ4v) is 3.51. The van der Waals surface area contributed by atoms with Crippen LogP contribution < -0.4 is 4.74 Å². The predicted octanol–water partition coefficient (Wildman–Crippen LogP) is 5.03. The number of aliphatic hydroxyl groups is 1. The third-order valence-electron chi connectivity index (χ3n) is 3.84. The number of rotatable bonds is 5. The Morgan fingerprint density at radius 3 is 2.46 bits per heavy atom. The highest BCUT2D eigenvalue weighted by molar-refractivity contribution is 8.18. The molecule has 0 unspecified atom stereocenters. The van der Waals surface area contributed by atoms with Gasteiger partial charge in [0.25, 0.3) is 0 Å². The van der Waals surface area contributed by atoms with Crippen molar-refractivity contribution in [2.24, 2.45) is 4.99 Å². The summed E-state index contributed by atoms with van der Waals surface area (Å²) in [6.45, 7) is 1.85. The Morgan fingerprint density at radius 1 is 1.18 bits per heavy atom. The first-order chi connectivity index (χ1) is 13.5. The van der Waals surface area contributed by atoms with Crippen LogP contribution in [0.5, 0.6) is 5.75 Å². The van der Waals surface area contributed by atoms with Gasteiger partial charge in [-0.15, -0.1) is 0 Å². The smallest absolute Gasteiger partial charge is 0.344 e. The minimum absolute atomic E-state index is 0.00376. The second-order valence-corrected chi connectivity index (χ2v) is 6.75. The molecule has 0 saturated heterocycles. The monoisotopic (exact) mass is 399 g/mol. The van der Waals surface area contributed by atoms with Crippen molar-refractivity contribution in [3.05, 3.63) is 76.1 Å². The van der Waals surface area contributed by atoms with Crippen molar-refractivity contribution in [2.75, 3.05) is 13.7 Å². The lowest BCUT2D eigenvalue weighted by Gasteiger charge is -2.03. The topological polar surface area (TPSA) is 68.1 Å². The fraction of sp³-hybridized carbons (Fsp3) is 0.143. The van der Waals surface area contributed by atoms with Crippen LogP contribution in [0.25, 0.3) is 6.08 Å². The molecule has 0 aliphatic carbocycles. The highest BCUT2D eigenvalue weighted by Crippen LogP contribution is 2.40. The van der Waals surface area contributed by atoms with Gasteiger partial charge in [0, 0.05) is 0 Å². The summed E-state index contributed by atoms with van der Waals surface area (Å²) >= 11 is 1.15. The number of carbonyl (C=O) groups is 1. The number of hydrogen-bond acceptors (Lipinski definition) is 6. The zero-order valence-corrected chi connectivity index (χ0v) is 16.1. The van der Waals surface area contributed by atoms with Crippen LogP contribution >= 0.6 is 11.8 Å². The van der Waals surface area contributed by atoms with Gasteiger partial charge >= 0.3 is 5.97 Å². The lowest BCUT2D eigenvalue weighted by Crippen LogP contribution is -2.12. The summed E-state index contributed by atoms with van der Waals surface area (Å²) in [5, 5.41) is 10.9. The largest absolute Gasteiger partial charge is 0.506 e. The van der Waals surface area contributed by atoms with Gasteiger partial charge in [-0.25, -0.2) is 14.2 Å². The number of aliphatic hydroxyl groups excluding tert-OH is 1. The minimum Gasteiger partial charge on any atom is -0.506 e. The van der Waals surface area contributed by atoms with Gasteiger partial charge in [-0.2, -0.15) is 0 Å². The summed E-state index contributed by atoms with van der Waals surface area (Å²) in [5.74, 6) is -0.523. The molecule has 1 heterocycles. The lowest BCUT2D eigenvalue weighted by atomic mass is 10.1. The summed E-state index contributed by atoms with van der Waals surface area (Å²) in [6, 6.07) is 12.8. The molecule has 0 saturated carbocycles. The highest BCUT2D eigenvalue weighted by atomic mass is 32.2. The van der Waals surface area contributed by atoms with Crippen LogP contribution in [0.1, 0.15) is 12.5 Å². The van der Waals surface area contributed by atoms with E-state index >= 15 is 0 Å². The number of esters is 1. The van der Waals surface area contributed by atoms with Crippen molar-refractivity contribution in [3.63, 3.8) is 0 Å². The van der Waals surface area contributed by atoms with Crippen molar-refractivity contribution in [2.45, 2.75) is 6.92 Å². The number of carbonyl (C=O) groups excluding carboxylic acids is 1. The fourth-order valence-electron chi connectivity index (χ4n) is 2.48. The van der Waals surface area contributed by atoms with E-state index in [0.717, 1.165) is 17.3 Å². The first kappa shape index (κ1) is 19.7. The Labute approximate surface area is 166 Å². The predicted molar refractivity (Wildman–Crippen MR) is 108 cm³/mol. The molecule has 2 aromatic carbocycles. The standard InChI is InChI=1S/C21H18FNO4S/c1-3-27-21(25)18-19(24)17(12-13-4-10-16(26-2)11-5-13)28-20(18)23-15-8-6-14(22)7-9-15/h4-12,24H,3H2,1-2H3/b17-12-,23-20?.